The summed E-state index contributed by atoms with van der Waals surface area (Å²) in [4.78, 5) is 65.4. The van der Waals surface area contributed by atoms with Gasteiger partial charge in [0.05, 0.1) is 24.5 Å². The van der Waals surface area contributed by atoms with Crippen molar-refractivity contribution in [3.63, 3.8) is 0 Å². The van der Waals surface area contributed by atoms with E-state index < -0.39 is 39.7 Å². The van der Waals surface area contributed by atoms with Crippen molar-refractivity contribution in [2.24, 2.45) is 39.4 Å². The summed E-state index contributed by atoms with van der Waals surface area (Å²) in [5.74, 6) is -1.74. The van der Waals surface area contributed by atoms with Gasteiger partial charge >= 0.3 is 5.97 Å². The van der Waals surface area contributed by atoms with Crippen molar-refractivity contribution in [3.05, 3.63) is 22.8 Å². The minimum Gasteiger partial charge on any atom is -0.469 e. The fraction of sp³-hybridized carbons (Fsp3) is 0.710. The Morgan fingerprint density at radius 1 is 1.11 bits per heavy atom. The molecule has 0 radical (unpaired) electrons. The molecule has 4 aliphatic rings. The highest BCUT2D eigenvalue weighted by molar-refractivity contribution is 6.06. The van der Waals surface area contributed by atoms with Crippen LogP contribution in [0.3, 0.4) is 0 Å². The van der Waals surface area contributed by atoms with Gasteiger partial charge in [-0.25, -0.2) is 0 Å². The molecule has 2 saturated carbocycles. The van der Waals surface area contributed by atoms with Gasteiger partial charge in [-0.3, -0.25) is 24.0 Å². The first-order valence-electron chi connectivity index (χ1n) is 13.8. The van der Waals surface area contributed by atoms with E-state index >= 15 is 0 Å². The highest BCUT2D eigenvalue weighted by atomic mass is 16.5. The molecule has 38 heavy (non-hydrogen) atoms. The molecule has 208 valence electrons. The van der Waals surface area contributed by atoms with Crippen molar-refractivity contribution in [2.75, 3.05) is 7.11 Å². The predicted molar refractivity (Wildman–Crippen MR) is 141 cm³/mol. The van der Waals surface area contributed by atoms with Gasteiger partial charge < -0.3 is 9.84 Å². The second-order valence-corrected chi connectivity index (χ2v) is 13.5. The largest absolute Gasteiger partial charge is 0.469 e. The number of rotatable bonds is 5. The summed E-state index contributed by atoms with van der Waals surface area (Å²) in [6, 6.07) is 0. The summed E-state index contributed by atoms with van der Waals surface area (Å²) in [5, 5.41) is 11.6. The monoisotopic (exact) mass is 526 g/mol. The Bertz CT molecular complexity index is 1190. The second kappa shape index (κ2) is 9.07. The van der Waals surface area contributed by atoms with E-state index in [2.05, 4.69) is 0 Å². The van der Waals surface area contributed by atoms with E-state index in [1.54, 1.807) is 6.92 Å². The molecule has 0 saturated heterocycles. The standard InChI is InChI=1S/C31H42O7/c1-16(11-18(32)12-17(2)27(37)38-8)19-13-24(36)31(7)26-20(33)14-22-28(3,4)23(35)9-10-29(22,5)25(26)21(34)15-30(19,31)6/h11,17,19-20,22,33H,9-10,12-15H2,1-8H3/b16-11+/t17?,19?,20-,22?,29-,30+,31-/m0/s1. The molecule has 0 aromatic carbocycles. The number of ether oxygens (including phenoxy) is 1. The zero-order valence-corrected chi connectivity index (χ0v) is 24.0. The maximum atomic E-state index is 14.1. The third-order valence-electron chi connectivity index (χ3n) is 11.1. The van der Waals surface area contributed by atoms with Gasteiger partial charge in [-0.15, -0.1) is 0 Å². The smallest absolute Gasteiger partial charge is 0.308 e. The zero-order chi connectivity index (χ0) is 28.6. The van der Waals surface area contributed by atoms with Crippen molar-refractivity contribution in [2.45, 2.75) is 93.1 Å². The number of allylic oxidation sites excluding steroid dienone is 3. The predicted octanol–water partition coefficient (Wildman–Crippen LogP) is 4.35. The molecule has 4 rings (SSSR count). The minimum atomic E-state index is -1.06. The number of fused-ring (bicyclic) bond motifs is 4. The molecule has 7 atom stereocenters. The molecule has 7 heteroatoms. The van der Waals surface area contributed by atoms with Crippen LogP contribution in [0.25, 0.3) is 0 Å². The average Bonchev–Trinajstić information content (AvgIpc) is 3.03. The lowest BCUT2D eigenvalue weighted by Crippen LogP contribution is -2.59. The van der Waals surface area contributed by atoms with Crippen molar-refractivity contribution in [1.82, 2.24) is 0 Å². The first kappa shape index (κ1) is 28.6. The van der Waals surface area contributed by atoms with Crippen LogP contribution in [0.1, 0.15) is 87.0 Å². The topological polar surface area (TPSA) is 115 Å². The van der Waals surface area contributed by atoms with Gasteiger partial charge in [0.2, 0.25) is 0 Å². The Hall–Kier alpha value is -2.41. The fourth-order valence-electron chi connectivity index (χ4n) is 8.71. The third-order valence-corrected chi connectivity index (χ3v) is 11.1. The molecular formula is C31H42O7. The van der Waals surface area contributed by atoms with Crippen LogP contribution in [-0.4, -0.2) is 47.4 Å². The number of Topliss-reactive ketones (excluding diaryl/α,β-unsaturated/α-hetero) is 3. The molecule has 0 aromatic rings. The number of aliphatic hydroxyl groups excluding tert-OH is 1. The van der Waals surface area contributed by atoms with Gasteiger partial charge in [0.15, 0.2) is 11.6 Å². The molecule has 0 amide bonds. The third kappa shape index (κ3) is 3.75. The SMILES string of the molecule is COC(=O)C(C)CC(=O)/C=C(\C)C1CC(=O)[C@@]2(C)C3=C(C(=O)C[C@]12C)[C@@]1(C)CCC(=O)C(C)(C)C1C[C@@H]3O. The van der Waals surface area contributed by atoms with Crippen molar-refractivity contribution in [1.29, 1.82) is 0 Å². The summed E-state index contributed by atoms with van der Waals surface area (Å²) in [6.07, 6.45) is 2.08. The van der Waals surface area contributed by atoms with Gasteiger partial charge in [0, 0.05) is 42.1 Å². The van der Waals surface area contributed by atoms with Crippen LogP contribution >= 0.6 is 0 Å². The maximum absolute atomic E-state index is 14.1. The number of methoxy groups -OCH3 is 1. The number of esters is 1. The normalized spacial score (nSPS) is 39.3. The van der Waals surface area contributed by atoms with Crippen LogP contribution in [0, 0.1) is 39.4 Å². The first-order chi connectivity index (χ1) is 17.5. The van der Waals surface area contributed by atoms with E-state index in [-0.39, 0.29) is 54.2 Å². The van der Waals surface area contributed by atoms with Crippen LogP contribution in [-0.2, 0) is 28.7 Å². The van der Waals surface area contributed by atoms with Crippen molar-refractivity contribution < 1.29 is 33.8 Å². The van der Waals surface area contributed by atoms with E-state index in [1.807, 2.05) is 41.5 Å². The zero-order valence-electron chi connectivity index (χ0n) is 24.0. The molecule has 7 nitrogen and oxygen atoms in total. The Balaban J connectivity index is 1.78. The van der Waals surface area contributed by atoms with Gasteiger partial charge in [-0.05, 0) is 55.6 Å². The van der Waals surface area contributed by atoms with Crippen LogP contribution in [0.5, 0.6) is 0 Å². The number of carbonyl (C=O) groups is 5. The maximum Gasteiger partial charge on any atom is 0.308 e. The molecule has 3 unspecified atom stereocenters. The van der Waals surface area contributed by atoms with Crippen molar-refractivity contribution in [3.8, 4) is 0 Å². The van der Waals surface area contributed by atoms with Crippen LogP contribution in [0.15, 0.2) is 22.8 Å². The quantitative estimate of drug-likeness (QED) is 0.418. The number of hydrogen-bond donors (Lipinski definition) is 1. The van der Waals surface area contributed by atoms with E-state index in [1.165, 1.54) is 13.2 Å². The summed E-state index contributed by atoms with van der Waals surface area (Å²) >= 11 is 0. The molecule has 1 N–H and O–H groups in total. The van der Waals surface area contributed by atoms with Crippen LogP contribution in [0.2, 0.25) is 0 Å². The van der Waals surface area contributed by atoms with Crippen molar-refractivity contribution >= 4 is 29.1 Å². The average molecular weight is 527 g/mol. The van der Waals surface area contributed by atoms with Gasteiger partial charge in [0.25, 0.3) is 0 Å². The van der Waals surface area contributed by atoms with Gasteiger partial charge in [-0.1, -0.05) is 40.2 Å². The number of hydrogen-bond acceptors (Lipinski definition) is 7. The Kier molecular flexibility index (Phi) is 6.83. The van der Waals surface area contributed by atoms with Gasteiger partial charge in [0.1, 0.15) is 11.6 Å². The Morgan fingerprint density at radius 2 is 1.74 bits per heavy atom. The lowest BCUT2D eigenvalue weighted by Gasteiger charge is -2.60. The highest BCUT2D eigenvalue weighted by Gasteiger charge is 2.70. The Morgan fingerprint density at radius 3 is 2.34 bits per heavy atom. The lowest BCUT2D eigenvalue weighted by molar-refractivity contribution is -0.146. The molecule has 0 bridgehead atoms. The van der Waals surface area contributed by atoms with E-state index in [0.29, 0.717) is 36.0 Å². The van der Waals surface area contributed by atoms with E-state index in [0.717, 1.165) is 0 Å². The molecule has 2 fully saturated rings. The van der Waals surface area contributed by atoms with E-state index in [4.69, 9.17) is 4.74 Å². The van der Waals surface area contributed by atoms with Gasteiger partial charge in [-0.2, -0.15) is 0 Å². The number of aliphatic hydroxyl groups is 1. The molecular weight excluding hydrogens is 484 g/mol. The summed E-state index contributed by atoms with van der Waals surface area (Å²) in [6.45, 7) is 13.1. The number of ketones is 4. The Labute approximate surface area is 225 Å². The molecule has 0 aromatic heterocycles. The fourth-order valence-corrected chi connectivity index (χ4v) is 8.71. The molecule has 0 spiro atoms. The summed E-state index contributed by atoms with van der Waals surface area (Å²) in [5.41, 5.74) is -1.29. The molecule has 4 aliphatic carbocycles. The second-order valence-electron chi connectivity index (χ2n) is 13.5. The summed E-state index contributed by atoms with van der Waals surface area (Å²) in [7, 11) is 1.29. The first-order valence-corrected chi connectivity index (χ1v) is 13.8. The lowest BCUT2D eigenvalue weighted by atomic mass is 9.42. The molecule has 0 aliphatic heterocycles. The highest BCUT2D eigenvalue weighted by Crippen LogP contribution is 2.70. The molecule has 0 heterocycles. The van der Waals surface area contributed by atoms with Crippen LogP contribution < -0.4 is 0 Å². The van der Waals surface area contributed by atoms with E-state index in [9.17, 15) is 29.1 Å². The number of carbonyl (C=O) groups excluding carboxylic acids is 5. The summed E-state index contributed by atoms with van der Waals surface area (Å²) < 4.78 is 4.73. The van der Waals surface area contributed by atoms with Crippen LogP contribution in [0.4, 0.5) is 0 Å². The minimum absolute atomic E-state index is 0.000143.